The maximum Gasteiger partial charge on any atom is 0.164 e. The lowest BCUT2D eigenvalue weighted by Crippen LogP contribution is -1.99. The lowest BCUT2D eigenvalue weighted by molar-refractivity contribution is 0.900. The quantitative estimate of drug-likeness (QED) is 0.639. The SMILES string of the molecule is Clc1c2c(nc3c(-c4ccncc4)cnn13)CCC2. The zero-order valence-corrected chi connectivity index (χ0v) is 10.9. The fourth-order valence-corrected chi connectivity index (χ4v) is 2.98. The highest BCUT2D eigenvalue weighted by Crippen LogP contribution is 2.31. The number of fused-ring (bicyclic) bond motifs is 2. The lowest BCUT2D eigenvalue weighted by atomic mass is 10.1. The Balaban J connectivity index is 2.02. The highest BCUT2D eigenvalue weighted by molar-refractivity contribution is 6.30. The van der Waals surface area contributed by atoms with Gasteiger partial charge in [0.05, 0.1) is 6.20 Å². The van der Waals surface area contributed by atoms with Gasteiger partial charge in [-0.25, -0.2) is 9.50 Å². The number of nitrogens with zero attached hydrogens (tertiary/aromatic N) is 4. The van der Waals surface area contributed by atoms with Crippen LogP contribution in [0.25, 0.3) is 16.8 Å². The molecule has 5 heteroatoms. The standard InChI is InChI=1S/C14H11ClN4/c15-13-10-2-1-3-12(10)18-14-11(8-17-19(13)14)9-4-6-16-7-5-9/h4-8H,1-3H2. The second-order valence-electron chi connectivity index (χ2n) is 4.71. The molecule has 0 N–H and O–H groups in total. The number of halogens is 1. The molecule has 94 valence electrons. The number of hydrogen-bond donors (Lipinski definition) is 0. The van der Waals surface area contributed by atoms with Gasteiger partial charge in [-0.15, -0.1) is 0 Å². The molecule has 0 aliphatic heterocycles. The van der Waals surface area contributed by atoms with E-state index in [2.05, 4.69) is 10.1 Å². The Morgan fingerprint density at radius 2 is 2.00 bits per heavy atom. The summed E-state index contributed by atoms with van der Waals surface area (Å²) in [5.41, 5.74) is 5.16. The molecule has 4 nitrogen and oxygen atoms in total. The summed E-state index contributed by atoms with van der Waals surface area (Å²) in [7, 11) is 0. The fraction of sp³-hybridized carbons (Fsp3) is 0.214. The van der Waals surface area contributed by atoms with Gasteiger partial charge >= 0.3 is 0 Å². The first kappa shape index (κ1) is 10.9. The Morgan fingerprint density at radius 1 is 1.16 bits per heavy atom. The molecule has 0 bridgehead atoms. The van der Waals surface area contributed by atoms with Crippen molar-refractivity contribution in [1.82, 2.24) is 19.6 Å². The summed E-state index contributed by atoms with van der Waals surface area (Å²) in [5, 5.41) is 5.08. The van der Waals surface area contributed by atoms with Crippen molar-refractivity contribution in [1.29, 1.82) is 0 Å². The summed E-state index contributed by atoms with van der Waals surface area (Å²) in [6.45, 7) is 0. The fourth-order valence-electron chi connectivity index (χ4n) is 2.66. The Hall–Kier alpha value is -1.94. The summed E-state index contributed by atoms with van der Waals surface area (Å²) in [6.07, 6.45) is 8.49. The third-order valence-corrected chi connectivity index (χ3v) is 3.99. The van der Waals surface area contributed by atoms with Crippen LogP contribution in [0.4, 0.5) is 0 Å². The Morgan fingerprint density at radius 3 is 2.84 bits per heavy atom. The molecule has 1 aliphatic carbocycles. The van der Waals surface area contributed by atoms with E-state index in [1.54, 1.807) is 16.9 Å². The molecular weight excluding hydrogens is 260 g/mol. The zero-order chi connectivity index (χ0) is 12.8. The molecule has 0 saturated carbocycles. The summed E-state index contributed by atoms with van der Waals surface area (Å²) >= 11 is 6.44. The molecule has 3 heterocycles. The number of hydrogen-bond acceptors (Lipinski definition) is 3. The van der Waals surface area contributed by atoms with E-state index < -0.39 is 0 Å². The Bertz CT molecular complexity index is 764. The van der Waals surface area contributed by atoms with E-state index in [0.717, 1.165) is 47.3 Å². The molecule has 0 fully saturated rings. The van der Waals surface area contributed by atoms with Gasteiger partial charge in [-0.3, -0.25) is 4.98 Å². The van der Waals surface area contributed by atoms with Crippen LogP contribution in [-0.4, -0.2) is 19.6 Å². The van der Waals surface area contributed by atoms with Gasteiger partial charge in [0.1, 0.15) is 5.15 Å². The lowest BCUT2D eigenvalue weighted by Gasteiger charge is -2.05. The Kier molecular flexibility index (Phi) is 2.32. The minimum absolute atomic E-state index is 0.706. The molecule has 0 unspecified atom stereocenters. The molecule has 0 amide bonds. The second kappa shape index (κ2) is 4.03. The molecule has 0 aromatic carbocycles. The van der Waals surface area contributed by atoms with Crippen LogP contribution in [0.1, 0.15) is 17.7 Å². The number of aryl methyl sites for hydroxylation is 1. The summed E-state index contributed by atoms with van der Waals surface area (Å²) < 4.78 is 1.74. The van der Waals surface area contributed by atoms with Crippen molar-refractivity contribution in [3.63, 3.8) is 0 Å². The van der Waals surface area contributed by atoms with E-state index in [0.29, 0.717) is 5.15 Å². The van der Waals surface area contributed by atoms with Crippen LogP contribution in [0.3, 0.4) is 0 Å². The van der Waals surface area contributed by atoms with Crippen molar-refractivity contribution >= 4 is 17.2 Å². The number of rotatable bonds is 1. The number of pyridine rings is 1. The molecule has 1 aliphatic rings. The van der Waals surface area contributed by atoms with Crippen molar-refractivity contribution in [2.45, 2.75) is 19.3 Å². The summed E-state index contributed by atoms with van der Waals surface area (Å²) in [4.78, 5) is 8.79. The van der Waals surface area contributed by atoms with E-state index in [1.165, 1.54) is 0 Å². The predicted octanol–water partition coefficient (Wildman–Crippen LogP) is 2.93. The Labute approximate surface area is 115 Å². The van der Waals surface area contributed by atoms with Crippen LogP contribution >= 0.6 is 11.6 Å². The maximum absolute atomic E-state index is 6.44. The van der Waals surface area contributed by atoms with E-state index in [4.69, 9.17) is 16.6 Å². The first-order chi connectivity index (χ1) is 9.34. The monoisotopic (exact) mass is 270 g/mol. The first-order valence-corrected chi connectivity index (χ1v) is 6.68. The third kappa shape index (κ3) is 1.56. The molecule has 0 spiro atoms. The number of aromatic nitrogens is 4. The van der Waals surface area contributed by atoms with Gasteiger partial charge < -0.3 is 0 Å². The second-order valence-corrected chi connectivity index (χ2v) is 5.07. The predicted molar refractivity (Wildman–Crippen MR) is 73.3 cm³/mol. The van der Waals surface area contributed by atoms with Crippen LogP contribution in [0.2, 0.25) is 5.15 Å². The van der Waals surface area contributed by atoms with E-state index in [9.17, 15) is 0 Å². The smallest absolute Gasteiger partial charge is 0.164 e. The average Bonchev–Trinajstić information content (AvgIpc) is 3.07. The van der Waals surface area contributed by atoms with E-state index >= 15 is 0 Å². The van der Waals surface area contributed by atoms with Gasteiger partial charge in [0.2, 0.25) is 0 Å². The molecule has 3 aromatic rings. The van der Waals surface area contributed by atoms with Crippen molar-refractivity contribution in [3.05, 3.63) is 47.1 Å². The van der Waals surface area contributed by atoms with Crippen LogP contribution in [-0.2, 0) is 12.8 Å². The van der Waals surface area contributed by atoms with Crippen LogP contribution in [0.5, 0.6) is 0 Å². The average molecular weight is 271 g/mol. The van der Waals surface area contributed by atoms with Gasteiger partial charge in [-0.2, -0.15) is 5.10 Å². The zero-order valence-electron chi connectivity index (χ0n) is 10.2. The first-order valence-electron chi connectivity index (χ1n) is 6.30. The molecule has 0 saturated heterocycles. The minimum atomic E-state index is 0.706. The van der Waals surface area contributed by atoms with Gasteiger partial charge in [0, 0.05) is 29.2 Å². The van der Waals surface area contributed by atoms with E-state index in [1.807, 2.05) is 18.3 Å². The molecule has 0 atom stereocenters. The molecule has 0 radical (unpaired) electrons. The van der Waals surface area contributed by atoms with Gasteiger partial charge in [0.25, 0.3) is 0 Å². The highest BCUT2D eigenvalue weighted by atomic mass is 35.5. The largest absolute Gasteiger partial charge is 0.265 e. The van der Waals surface area contributed by atoms with Crippen molar-refractivity contribution < 1.29 is 0 Å². The molecular formula is C14H11ClN4. The van der Waals surface area contributed by atoms with Crippen molar-refractivity contribution in [2.24, 2.45) is 0 Å². The molecule has 19 heavy (non-hydrogen) atoms. The van der Waals surface area contributed by atoms with E-state index in [-0.39, 0.29) is 0 Å². The topological polar surface area (TPSA) is 43.1 Å². The van der Waals surface area contributed by atoms with Crippen molar-refractivity contribution in [3.8, 4) is 11.1 Å². The molecule has 4 rings (SSSR count). The van der Waals surface area contributed by atoms with Crippen LogP contribution in [0.15, 0.2) is 30.7 Å². The summed E-state index contributed by atoms with van der Waals surface area (Å²) in [6, 6.07) is 3.92. The minimum Gasteiger partial charge on any atom is -0.265 e. The van der Waals surface area contributed by atoms with Crippen molar-refractivity contribution in [2.75, 3.05) is 0 Å². The van der Waals surface area contributed by atoms with Gasteiger partial charge in [-0.05, 0) is 37.0 Å². The summed E-state index contributed by atoms with van der Waals surface area (Å²) in [5.74, 6) is 0. The highest BCUT2D eigenvalue weighted by Gasteiger charge is 2.21. The van der Waals surface area contributed by atoms with Gasteiger partial charge in [0.15, 0.2) is 5.65 Å². The maximum atomic E-state index is 6.44. The molecule has 3 aromatic heterocycles. The third-order valence-electron chi connectivity index (χ3n) is 3.60. The normalized spacial score (nSPS) is 13.9. The van der Waals surface area contributed by atoms with Crippen LogP contribution < -0.4 is 0 Å². The van der Waals surface area contributed by atoms with Gasteiger partial charge in [-0.1, -0.05) is 11.6 Å². The van der Waals surface area contributed by atoms with Crippen LogP contribution in [0, 0.1) is 0 Å².